The van der Waals surface area contributed by atoms with Crippen LogP contribution in [0, 0.1) is 20.8 Å². The lowest BCUT2D eigenvalue weighted by molar-refractivity contribution is 0.259. The fourth-order valence-electron chi connectivity index (χ4n) is 2.76. The molecule has 1 atom stereocenters. The standard InChI is InChI=1S/C18H25N2O4P/c1-12-9-16(10-13(2)17(12)21)18(25(22,23-4)24-5)20-11-15-7-6-8-19-14(15)3/h6-10,18,20-21H,11H2,1-5H3. The largest absolute Gasteiger partial charge is 0.507 e. The van der Waals surface area contributed by atoms with Crippen LogP contribution in [-0.2, 0) is 20.2 Å². The summed E-state index contributed by atoms with van der Waals surface area (Å²) in [5.74, 6) is -0.435. The first-order valence-corrected chi connectivity index (χ1v) is 9.58. The number of phenolic OH excluding ortho intramolecular Hbond substituents is 1. The number of aromatic nitrogens is 1. The van der Waals surface area contributed by atoms with Gasteiger partial charge in [0.25, 0.3) is 0 Å². The lowest BCUT2D eigenvalue weighted by Gasteiger charge is -2.27. The molecule has 0 saturated heterocycles. The van der Waals surface area contributed by atoms with E-state index >= 15 is 0 Å². The molecule has 1 aromatic carbocycles. The maximum Gasteiger partial charge on any atom is 0.351 e. The predicted octanol–water partition coefficient (Wildman–Crippen LogP) is 3.99. The number of hydrogen-bond donors (Lipinski definition) is 2. The molecule has 2 rings (SSSR count). The van der Waals surface area contributed by atoms with Crippen molar-refractivity contribution in [2.45, 2.75) is 33.1 Å². The molecule has 0 saturated carbocycles. The van der Waals surface area contributed by atoms with Crippen LogP contribution in [0.5, 0.6) is 5.75 Å². The summed E-state index contributed by atoms with van der Waals surface area (Å²) in [6.07, 6.45) is 1.73. The molecule has 0 amide bonds. The zero-order chi connectivity index (χ0) is 18.6. The zero-order valence-corrected chi connectivity index (χ0v) is 16.1. The van der Waals surface area contributed by atoms with Crippen LogP contribution in [0.25, 0.3) is 0 Å². The summed E-state index contributed by atoms with van der Waals surface area (Å²) in [6.45, 7) is 5.99. The van der Waals surface area contributed by atoms with Gasteiger partial charge in [0.05, 0.1) is 0 Å². The molecule has 0 bridgehead atoms. The predicted molar refractivity (Wildman–Crippen MR) is 97.8 cm³/mol. The molecule has 0 aliphatic heterocycles. The van der Waals surface area contributed by atoms with Crippen molar-refractivity contribution in [3.63, 3.8) is 0 Å². The molecule has 0 spiro atoms. The Hall–Kier alpha value is -1.72. The van der Waals surface area contributed by atoms with Crippen LogP contribution in [0.4, 0.5) is 0 Å². The zero-order valence-electron chi connectivity index (χ0n) is 15.2. The van der Waals surface area contributed by atoms with Gasteiger partial charge in [0.2, 0.25) is 0 Å². The van der Waals surface area contributed by atoms with Gasteiger partial charge in [0, 0.05) is 32.7 Å². The molecule has 1 unspecified atom stereocenters. The third-order valence-corrected chi connectivity index (χ3v) is 6.39. The summed E-state index contributed by atoms with van der Waals surface area (Å²) in [5.41, 5.74) is 4.05. The minimum atomic E-state index is -3.43. The van der Waals surface area contributed by atoms with Crippen LogP contribution in [-0.4, -0.2) is 24.3 Å². The molecule has 25 heavy (non-hydrogen) atoms. The molecule has 0 aliphatic rings. The Morgan fingerprint density at radius 1 is 1.20 bits per heavy atom. The highest BCUT2D eigenvalue weighted by Gasteiger charge is 2.35. The second-order valence-electron chi connectivity index (χ2n) is 5.94. The van der Waals surface area contributed by atoms with E-state index in [1.807, 2.05) is 19.1 Å². The number of pyridine rings is 1. The Labute approximate surface area is 148 Å². The van der Waals surface area contributed by atoms with Crippen molar-refractivity contribution in [2.75, 3.05) is 14.2 Å². The normalized spacial score (nSPS) is 13.0. The van der Waals surface area contributed by atoms with Crippen molar-refractivity contribution in [3.05, 3.63) is 58.4 Å². The maximum atomic E-state index is 13.1. The van der Waals surface area contributed by atoms with Crippen molar-refractivity contribution in [3.8, 4) is 5.75 Å². The van der Waals surface area contributed by atoms with Crippen LogP contribution in [0.15, 0.2) is 30.5 Å². The SMILES string of the molecule is COP(=O)(OC)C(NCc1cccnc1C)c1cc(C)c(O)c(C)c1. The number of phenols is 1. The van der Waals surface area contributed by atoms with Gasteiger partial charge >= 0.3 is 7.60 Å². The number of hydrogen-bond acceptors (Lipinski definition) is 6. The molecule has 2 aromatic rings. The van der Waals surface area contributed by atoms with Crippen LogP contribution in [0.1, 0.15) is 33.7 Å². The molecule has 1 aromatic heterocycles. The van der Waals surface area contributed by atoms with Crippen LogP contribution >= 0.6 is 7.60 Å². The van der Waals surface area contributed by atoms with Crippen LogP contribution in [0.2, 0.25) is 0 Å². The Morgan fingerprint density at radius 3 is 2.32 bits per heavy atom. The van der Waals surface area contributed by atoms with Gasteiger partial charge in [-0.15, -0.1) is 0 Å². The summed E-state index contributed by atoms with van der Waals surface area (Å²) in [7, 11) is -0.694. The van der Waals surface area contributed by atoms with Gasteiger partial charge in [0.15, 0.2) is 0 Å². The van der Waals surface area contributed by atoms with E-state index in [0.717, 1.165) is 16.8 Å². The van der Waals surface area contributed by atoms with Crippen molar-refractivity contribution in [1.82, 2.24) is 10.3 Å². The number of nitrogens with zero attached hydrogens (tertiary/aromatic N) is 1. The molecule has 0 aliphatic carbocycles. The highest BCUT2D eigenvalue weighted by molar-refractivity contribution is 7.54. The monoisotopic (exact) mass is 364 g/mol. The first kappa shape index (κ1) is 19.6. The molecule has 7 heteroatoms. The molecule has 0 radical (unpaired) electrons. The third-order valence-electron chi connectivity index (χ3n) is 4.26. The maximum absolute atomic E-state index is 13.1. The Balaban J connectivity index is 2.41. The molecule has 0 fully saturated rings. The Morgan fingerprint density at radius 2 is 1.80 bits per heavy atom. The molecule has 6 nitrogen and oxygen atoms in total. The molecular weight excluding hydrogens is 339 g/mol. The summed E-state index contributed by atoms with van der Waals surface area (Å²) < 4.78 is 23.5. The fraction of sp³-hybridized carbons (Fsp3) is 0.389. The first-order chi connectivity index (χ1) is 11.8. The van der Waals surface area contributed by atoms with Gasteiger partial charge in [0.1, 0.15) is 11.5 Å². The van der Waals surface area contributed by atoms with E-state index in [-0.39, 0.29) is 5.75 Å². The van der Waals surface area contributed by atoms with E-state index in [4.69, 9.17) is 9.05 Å². The highest BCUT2D eigenvalue weighted by atomic mass is 31.2. The van der Waals surface area contributed by atoms with E-state index in [2.05, 4.69) is 10.3 Å². The fourth-order valence-corrected chi connectivity index (χ4v) is 4.16. The number of rotatable bonds is 7. The van der Waals surface area contributed by atoms with E-state index in [1.165, 1.54) is 14.2 Å². The first-order valence-electron chi connectivity index (χ1n) is 7.97. The second-order valence-corrected chi connectivity index (χ2v) is 8.27. The highest BCUT2D eigenvalue weighted by Crippen LogP contribution is 2.58. The number of nitrogens with one attached hydrogen (secondary N) is 1. The minimum Gasteiger partial charge on any atom is -0.507 e. The summed E-state index contributed by atoms with van der Waals surface area (Å²) in [6, 6.07) is 7.41. The smallest absolute Gasteiger partial charge is 0.351 e. The average Bonchev–Trinajstić information content (AvgIpc) is 2.60. The molecule has 2 N–H and O–H groups in total. The number of aromatic hydroxyl groups is 1. The minimum absolute atomic E-state index is 0.232. The number of aryl methyl sites for hydroxylation is 3. The lowest BCUT2D eigenvalue weighted by atomic mass is 10.1. The van der Waals surface area contributed by atoms with Gasteiger partial charge in [-0.05, 0) is 49.1 Å². The molecular formula is C18H25N2O4P. The Bertz CT molecular complexity index is 763. The van der Waals surface area contributed by atoms with Crippen LogP contribution in [0.3, 0.4) is 0 Å². The Kier molecular flexibility index (Phi) is 6.36. The van der Waals surface area contributed by atoms with Crippen molar-refractivity contribution < 1.29 is 18.7 Å². The molecule has 1 heterocycles. The lowest BCUT2D eigenvalue weighted by Crippen LogP contribution is -2.23. The second kappa shape index (κ2) is 8.11. The summed E-state index contributed by atoms with van der Waals surface area (Å²) in [4.78, 5) is 4.27. The quantitative estimate of drug-likeness (QED) is 0.723. The number of benzene rings is 1. The van der Waals surface area contributed by atoms with Gasteiger partial charge in [-0.2, -0.15) is 0 Å². The van der Waals surface area contributed by atoms with Crippen LogP contribution < -0.4 is 5.32 Å². The van der Waals surface area contributed by atoms with E-state index in [9.17, 15) is 9.67 Å². The summed E-state index contributed by atoms with van der Waals surface area (Å²) >= 11 is 0. The third kappa shape index (κ3) is 4.28. The molecule has 136 valence electrons. The van der Waals surface area contributed by atoms with E-state index in [0.29, 0.717) is 17.7 Å². The van der Waals surface area contributed by atoms with Crippen molar-refractivity contribution >= 4 is 7.60 Å². The van der Waals surface area contributed by atoms with Gasteiger partial charge < -0.3 is 14.2 Å². The average molecular weight is 364 g/mol. The van der Waals surface area contributed by atoms with Crippen molar-refractivity contribution in [2.24, 2.45) is 0 Å². The van der Waals surface area contributed by atoms with Gasteiger partial charge in [-0.25, -0.2) is 0 Å². The van der Waals surface area contributed by atoms with E-state index in [1.54, 1.807) is 32.2 Å². The van der Waals surface area contributed by atoms with E-state index < -0.39 is 13.4 Å². The van der Waals surface area contributed by atoms with Gasteiger partial charge in [-0.3, -0.25) is 14.9 Å². The van der Waals surface area contributed by atoms with Gasteiger partial charge in [-0.1, -0.05) is 18.2 Å². The topological polar surface area (TPSA) is 80.7 Å². The van der Waals surface area contributed by atoms with Crippen molar-refractivity contribution in [1.29, 1.82) is 0 Å². The summed E-state index contributed by atoms with van der Waals surface area (Å²) in [5, 5.41) is 13.3.